The van der Waals surface area contributed by atoms with Crippen molar-refractivity contribution >= 4 is 21.4 Å². The van der Waals surface area contributed by atoms with Crippen molar-refractivity contribution in [2.24, 2.45) is 5.92 Å². The molecule has 1 aliphatic carbocycles. The lowest BCUT2D eigenvalue weighted by molar-refractivity contribution is -0.384. The SMILES string of the molecule is CCC1CC1NS(=O)(=O)c1cc([N+](=O)[O-])c(NC)cc1C. The van der Waals surface area contributed by atoms with Crippen LogP contribution in [-0.2, 0) is 10.0 Å². The molecule has 0 saturated heterocycles. The molecule has 1 fully saturated rings. The van der Waals surface area contributed by atoms with E-state index in [1.165, 1.54) is 6.07 Å². The molecule has 0 heterocycles. The van der Waals surface area contributed by atoms with Gasteiger partial charge in [0.1, 0.15) is 5.69 Å². The number of anilines is 1. The number of nitrogens with one attached hydrogen (secondary N) is 2. The predicted octanol–water partition coefficient (Wildman–Crippen LogP) is 2.02. The zero-order valence-electron chi connectivity index (χ0n) is 12.2. The number of nitro groups is 1. The molecule has 0 amide bonds. The minimum atomic E-state index is -3.73. The van der Waals surface area contributed by atoms with E-state index in [2.05, 4.69) is 10.0 Å². The maximum Gasteiger partial charge on any atom is 0.293 e. The first kappa shape index (κ1) is 15.7. The van der Waals surface area contributed by atoms with E-state index in [1.807, 2.05) is 6.92 Å². The summed E-state index contributed by atoms with van der Waals surface area (Å²) in [5.74, 6) is 0.367. The standard InChI is InChI=1S/C13H19N3O4S/c1-4-9-6-10(9)15-21(19,20)13-7-12(16(17)18)11(14-3)5-8(13)2/h5,7,9-10,14-15H,4,6H2,1-3H3. The molecule has 0 aromatic heterocycles. The molecule has 8 heteroatoms. The highest BCUT2D eigenvalue weighted by Crippen LogP contribution is 2.36. The normalized spacial score (nSPS) is 21.1. The van der Waals surface area contributed by atoms with Crippen LogP contribution >= 0.6 is 0 Å². The zero-order chi connectivity index (χ0) is 15.8. The maximum atomic E-state index is 12.4. The number of hydrogen-bond donors (Lipinski definition) is 2. The Balaban J connectivity index is 2.39. The van der Waals surface area contributed by atoms with E-state index in [1.54, 1.807) is 14.0 Å². The first-order valence-corrected chi connectivity index (χ1v) is 8.27. The number of sulfonamides is 1. The Labute approximate surface area is 123 Å². The van der Waals surface area contributed by atoms with Crippen LogP contribution in [0.4, 0.5) is 11.4 Å². The van der Waals surface area contributed by atoms with Crippen LogP contribution in [0.25, 0.3) is 0 Å². The molecule has 2 atom stereocenters. The number of hydrogen-bond acceptors (Lipinski definition) is 5. The van der Waals surface area contributed by atoms with Crippen LogP contribution in [0, 0.1) is 23.0 Å². The number of aryl methyl sites for hydroxylation is 1. The van der Waals surface area contributed by atoms with Crippen LogP contribution in [0.5, 0.6) is 0 Å². The minimum absolute atomic E-state index is 0.0325. The zero-order valence-corrected chi connectivity index (χ0v) is 13.0. The first-order chi connectivity index (χ1) is 9.80. The number of rotatable bonds is 6. The lowest BCUT2D eigenvalue weighted by Gasteiger charge is -2.11. The Kier molecular flexibility index (Phi) is 4.20. The topological polar surface area (TPSA) is 101 Å². The lowest BCUT2D eigenvalue weighted by atomic mass is 10.2. The highest BCUT2D eigenvalue weighted by molar-refractivity contribution is 7.89. The highest BCUT2D eigenvalue weighted by Gasteiger charge is 2.39. The second-order valence-corrected chi connectivity index (χ2v) is 6.96. The summed E-state index contributed by atoms with van der Waals surface area (Å²) in [4.78, 5) is 10.4. The molecule has 0 bridgehead atoms. The fraction of sp³-hybridized carbons (Fsp3) is 0.538. The van der Waals surface area contributed by atoms with Gasteiger partial charge >= 0.3 is 0 Å². The largest absolute Gasteiger partial charge is 0.383 e. The number of benzene rings is 1. The molecule has 21 heavy (non-hydrogen) atoms. The van der Waals surface area contributed by atoms with Gasteiger partial charge in [0.2, 0.25) is 10.0 Å². The van der Waals surface area contributed by atoms with Gasteiger partial charge in [0, 0.05) is 19.2 Å². The van der Waals surface area contributed by atoms with Crippen LogP contribution in [0.3, 0.4) is 0 Å². The van der Waals surface area contributed by atoms with Crippen molar-refractivity contribution in [3.63, 3.8) is 0 Å². The molecular formula is C13H19N3O4S. The Hall–Kier alpha value is -1.67. The maximum absolute atomic E-state index is 12.4. The summed E-state index contributed by atoms with van der Waals surface area (Å²) in [6.07, 6.45) is 1.75. The summed E-state index contributed by atoms with van der Waals surface area (Å²) in [7, 11) is -2.17. The van der Waals surface area contributed by atoms with Crippen LogP contribution in [0.2, 0.25) is 0 Å². The van der Waals surface area contributed by atoms with Gasteiger partial charge in [-0.1, -0.05) is 13.3 Å². The van der Waals surface area contributed by atoms with E-state index in [0.717, 1.165) is 18.9 Å². The monoisotopic (exact) mass is 313 g/mol. The van der Waals surface area contributed by atoms with E-state index in [-0.39, 0.29) is 16.6 Å². The van der Waals surface area contributed by atoms with Crippen LogP contribution < -0.4 is 10.0 Å². The third-order valence-corrected chi connectivity index (χ3v) is 5.43. The third-order valence-electron chi connectivity index (χ3n) is 3.80. The second-order valence-electron chi connectivity index (χ2n) is 5.27. The number of nitrogens with zero attached hydrogens (tertiary/aromatic N) is 1. The lowest BCUT2D eigenvalue weighted by Crippen LogP contribution is -2.27. The molecule has 7 nitrogen and oxygen atoms in total. The van der Waals surface area contributed by atoms with Gasteiger partial charge in [-0.15, -0.1) is 0 Å². The quantitative estimate of drug-likeness (QED) is 0.618. The van der Waals surface area contributed by atoms with Gasteiger partial charge in [-0.2, -0.15) is 0 Å². The fourth-order valence-corrected chi connectivity index (χ4v) is 3.99. The second kappa shape index (κ2) is 5.61. The predicted molar refractivity (Wildman–Crippen MR) is 79.9 cm³/mol. The van der Waals surface area contributed by atoms with Gasteiger partial charge in [0.15, 0.2) is 0 Å². The van der Waals surface area contributed by atoms with E-state index < -0.39 is 14.9 Å². The summed E-state index contributed by atoms with van der Waals surface area (Å²) in [5.41, 5.74) is 0.534. The van der Waals surface area contributed by atoms with Gasteiger partial charge in [-0.25, -0.2) is 13.1 Å². The van der Waals surface area contributed by atoms with Gasteiger partial charge in [0.05, 0.1) is 9.82 Å². The molecule has 116 valence electrons. The molecule has 2 unspecified atom stereocenters. The van der Waals surface area contributed by atoms with Gasteiger partial charge in [-0.3, -0.25) is 10.1 Å². The Morgan fingerprint density at radius 1 is 1.43 bits per heavy atom. The van der Waals surface area contributed by atoms with Gasteiger partial charge in [-0.05, 0) is 30.9 Å². The van der Waals surface area contributed by atoms with Crippen molar-refractivity contribution in [2.45, 2.75) is 37.6 Å². The first-order valence-electron chi connectivity index (χ1n) is 6.79. The average molecular weight is 313 g/mol. The Morgan fingerprint density at radius 2 is 2.10 bits per heavy atom. The fourth-order valence-electron chi connectivity index (χ4n) is 2.42. The molecule has 1 saturated carbocycles. The number of nitro benzene ring substituents is 1. The van der Waals surface area contributed by atoms with E-state index in [9.17, 15) is 18.5 Å². The summed E-state index contributed by atoms with van der Waals surface area (Å²) in [6, 6.07) is 2.55. The molecule has 2 N–H and O–H groups in total. The Morgan fingerprint density at radius 3 is 2.57 bits per heavy atom. The van der Waals surface area contributed by atoms with Crippen molar-refractivity contribution in [1.29, 1.82) is 0 Å². The molecule has 1 aromatic carbocycles. The van der Waals surface area contributed by atoms with E-state index in [4.69, 9.17) is 0 Å². The van der Waals surface area contributed by atoms with Crippen molar-refractivity contribution in [1.82, 2.24) is 4.72 Å². The van der Waals surface area contributed by atoms with Crippen LogP contribution in [0.1, 0.15) is 25.3 Å². The molecular weight excluding hydrogens is 294 g/mol. The van der Waals surface area contributed by atoms with E-state index >= 15 is 0 Å². The van der Waals surface area contributed by atoms with Crippen molar-refractivity contribution in [3.8, 4) is 0 Å². The summed E-state index contributed by atoms with van der Waals surface area (Å²) < 4.78 is 27.4. The Bertz CT molecular complexity index is 672. The van der Waals surface area contributed by atoms with Gasteiger partial charge in [0.25, 0.3) is 5.69 Å². The van der Waals surface area contributed by atoms with Crippen LogP contribution in [0.15, 0.2) is 17.0 Å². The van der Waals surface area contributed by atoms with Crippen molar-refractivity contribution < 1.29 is 13.3 Å². The van der Waals surface area contributed by atoms with E-state index in [0.29, 0.717) is 17.2 Å². The molecule has 0 spiro atoms. The average Bonchev–Trinajstić information content (AvgIpc) is 3.14. The molecule has 0 aliphatic heterocycles. The third kappa shape index (κ3) is 3.16. The minimum Gasteiger partial charge on any atom is -0.383 e. The summed E-state index contributed by atoms with van der Waals surface area (Å²) in [6.45, 7) is 3.64. The van der Waals surface area contributed by atoms with Gasteiger partial charge < -0.3 is 5.32 Å². The summed E-state index contributed by atoms with van der Waals surface area (Å²) in [5, 5.41) is 13.8. The van der Waals surface area contributed by atoms with Crippen molar-refractivity contribution in [3.05, 3.63) is 27.8 Å². The molecule has 1 aliphatic rings. The van der Waals surface area contributed by atoms with Crippen molar-refractivity contribution in [2.75, 3.05) is 12.4 Å². The molecule has 2 rings (SSSR count). The highest BCUT2D eigenvalue weighted by atomic mass is 32.2. The molecule has 0 radical (unpaired) electrons. The smallest absolute Gasteiger partial charge is 0.293 e. The molecule has 1 aromatic rings. The summed E-state index contributed by atoms with van der Waals surface area (Å²) >= 11 is 0. The van der Waals surface area contributed by atoms with Crippen LogP contribution in [-0.4, -0.2) is 26.4 Å².